The Labute approximate surface area is 154 Å². The van der Waals surface area contributed by atoms with E-state index in [2.05, 4.69) is 10.3 Å². The summed E-state index contributed by atoms with van der Waals surface area (Å²) >= 11 is 6.01. The number of fused-ring (bicyclic) bond motifs is 2. The molecule has 1 aliphatic heterocycles. The average molecular weight is 367 g/mol. The molecule has 1 aromatic heterocycles. The third-order valence-electron chi connectivity index (χ3n) is 3.92. The molecule has 5 nitrogen and oxygen atoms in total. The first kappa shape index (κ1) is 16.4. The van der Waals surface area contributed by atoms with Gasteiger partial charge in [0, 0.05) is 29.3 Å². The molecular formula is C20H15ClN2O3. The molecule has 2 aromatic carbocycles. The van der Waals surface area contributed by atoms with Gasteiger partial charge in [0.05, 0.1) is 0 Å². The lowest BCUT2D eigenvalue weighted by Gasteiger charge is -2.16. The van der Waals surface area contributed by atoms with Gasteiger partial charge < -0.3 is 14.5 Å². The lowest BCUT2D eigenvalue weighted by atomic mass is 10.1. The van der Waals surface area contributed by atoms with Crippen molar-refractivity contribution in [3.8, 4) is 5.75 Å². The summed E-state index contributed by atoms with van der Waals surface area (Å²) in [6, 6.07) is 10.8. The van der Waals surface area contributed by atoms with Gasteiger partial charge in [-0.2, -0.15) is 0 Å². The molecule has 0 radical (unpaired) electrons. The summed E-state index contributed by atoms with van der Waals surface area (Å²) < 4.78 is 11.1. The molecule has 0 saturated heterocycles. The molecule has 2 heterocycles. The first-order valence-electron chi connectivity index (χ1n) is 8.06. The summed E-state index contributed by atoms with van der Waals surface area (Å²) in [5.41, 5.74) is 3.85. The van der Waals surface area contributed by atoms with Gasteiger partial charge in [-0.15, -0.1) is 0 Å². The van der Waals surface area contributed by atoms with E-state index >= 15 is 0 Å². The third-order valence-corrected chi connectivity index (χ3v) is 4.15. The number of amides is 1. The van der Waals surface area contributed by atoms with E-state index < -0.39 is 0 Å². The van der Waals surface area contributed by atoms with Crippen molar-refractivity contribution in [2.45, 2.75) is 6.92 Å². The maximum atomic E-state index is 12.2. The quantitative estimate of drug-likeness (QED) is 0.679. The minimum atomic E-state index is -0.234. The summed E-state index contributed by atoms with van der Waals surface area (Å²) in [7, 11) is 0. The minimum Gasteiger partial charge on any atom is -0.488 e. The zero-order valence-corrected chi connectivity index (χ0v) is 14.7. The number of aromatic nitrogens is 1. The van der Waals surface area contributed by atoms with Gasteiger partial charge in [-0.25, -0.2) is 4.98 Å². The van der Waals surface area contributed by atoms with Crippen LogP contribution in [-0.4, -0.2) is 17.5 Å². The number of hydrogen-bond acceptors (Lipinski definition) is 4. The van der Waals surface area contributed by atoms with Crippen molar-refractivity contribution in [3.63, 3.8) is 0 Å². The predicted octanol–water partition coefficient (Wildman–Crippen LogP) is 4.76. The highest BCUT2D eigenvalue weighted by Crippen LogP contribution is 2.29. The molecule has 6 heteroatoms. The molecule has 26 heavy (non-hydrogen) atoms. The monoisotopic (exact) mass is 366 g/mol. The van der Waals surface area contributed by atoms with Gasteiger partial charge in [0.1, 0.15) is 17.9 Å². The fraction of sp³-hybridized carbons (Fsp3) is 0.100. The molecule has 1 amide bonds. The molecule has 0 bridgehead atoms. The highest BCUT2D eigenvalue weighted by atomic mass is 35.5. The maximum Gasteiger partial charge on any atom is 0.248 e. The van der Waals surface area contributed by atoms with Crippen molar-refractivity contribution < 1.29 is 13.9 Å². The van der Waals surface area contributed by atoms with Crippen LogP contribution in [0.25, 0.3) is 17.2 Å². The van der Waals surface area contributed by atoms with Crippen LogP contribution in [0.15, 0.2) is 58.5 Å². The molecule has 130 valence electrons. The largest absolute Gasteiger partial charge is 0.488 e. The van der Waals surface area contributed by atoms with E-state index in [1.54, 1.807) is 37.3 Å². The lowest BCUT2D eigenvalue weighted by Crippen LogP contribution is -2.09. The average Bonchev–Trinajstić information content (AvgIpc) is 2.99. The van der Waals surface area contributed by atoms with Gasteiger partial charge in [0.15, 0.2) is 11.5 Å². The number of carbonyl (C=O) groups excluding carboxylic acids is 1. The molecule has 1 N–H and O–H groups in total. The van der Waals surface area contributed by atoms with E-state index in [1.807, 2.05) is 18.2 Å². The summed E-state index contributed by atoms with van der Waals surface area (Å²) in [5.74, 6) is 1.14. The number of ether oxygens (including phenoxy) is 1. The Morgan fingerprint density at radius 1 is 1.27 bits per heavy atom. The Balaban J connectivity index is 1.47. The lowest BCUT2D eigenvalue weighted by molar-refractivity contribution is -0.111. The second-order valence-electron chi connectivity index (χ2n) is 5.93. The van der Waals surface area contributed by atoms with E-state index in [0.717, 1.165) is 16.9 Å². The van der Waals surface area contributed by atoms with E-state index in [9.17, 15) is 4.79 Å². The highest BCUT2D eigenvalue weighted by Gasteiger charge is 2.10. The van der Waals surface area contributed by atoms with Crippen molar-refractivity contribution in [3.05, 3.63) is 70.6 Å². The Morgan fingerprint density at radius 3 is 3.04 bits per heavy atom. The highest BCUT2D eigenvalue weighted by molar-refractivity contribution is 6.30. The first-order valence-corrected chi connectivity index (χ1v) is 8.44. The predicted molar refractivity (Wildman–Crippen MR) is 101 cm³/mol. The topological polar surface area (TPSA) is 64.4 Å². The van der Waals surface area contributed by atoms with Crippen LogP contribution in [-0.2, 0) is 4.79 Å². The number of anilines is 1. The zero-order valence-electron chi connectivity index (χ0n) is 14.0. The van der Waals surface area contributed by atoms with Gasteiger partial charge in [0.25, 0.3) is 0 Å². The van der Waals surface area contributed by atoms with Gasteiger partial charge in [-0.3, -0.25) is 4.79 Å². The van der Waals surface area contributed by atoms with Crippen molar-refractivity contribution in [1.82, 2.24) is 4.98 Å². The summed E-state index contributed by atoms with van der Waals surface area (Å²) in [4.78, 5) is 16.4. The smallest absolute Gasteiger partial charge is 0.248 e. The molecule has 0 aliphatic carbocycles. The van der Waals surface area contributed by atoms with E-state index in [-0.39, 0.29) is 5.91 Å². The van der Waals surface area contributed by atoms with Crippen molar-refractivity contribution in [1.29, 1.82) is 0 Å². The van der Waals surface area contributed by atoms with Gasteiger partial charge in [-0.05, 0) is 48.0 Å². The number of hydrogen-bond donors (Lipinski definition) is 1. The number of benzene rings is 2. The van der Waals surface area contributed by atoms with Crippen LogP contribution in [0.4, 0.5) is 5.69 Å². The van der Waals surface area contributed by atoms with Crippen LogP contribution in [0.3, 0.4) is 0 Å². The summed E-state index contributed by atoms with van der Waals surface area (Å²) in [6.07, 6.45) is 5.17. The zero-order chi connectivity index (χ0) is 18.1. The number of halogens is 1. The molecule has 0 fully saturated rings. The molecule has 0 saturated carbocycles. The van der Waals surface area contributed by atoms with Gasteiger partial charge >= 0.3 is 0 Å². The number of carbonyl (C=O) groups is 1. The van der Waals surface area contributed by atoms with Crippen molar-refractivity contribution in [2.24, 2.45) is 0 Å². The van der Waals surface area contributed by atoms with Crippen molar-refractivity contribution in [2.75, 3.05) is 11.9 Å². The summed E-state index contributed by atoms with van der Waals surface area (Å²) in [6.45, 7) is 2.19. The van der Waals surface area contributed by atoms with E-state index in [0.29, 0.717) is 34.3 Å². The van der Waals surface area contributed by atoms with Gasteiger partial charge in [-0.1, -0.05) is 17.7 Å². The first-order chi connectivity index (χ1) is 12.6. The molecule has 1 aliphatic rings. The number of nitrogens with one attached hydrogen (secondary N) is 1. The maximum absolute atomic E-state index is 12.2. The molecule has 4 rings (SSSR count). The molecular weight excluding hydrogens is 352 g/mol. The fourth-order valence-electron chi connectivity index (χ4n) is 2.75. The number of nitrogens with zero attached hydrogens (tertiary/aromatic N) is 1. The fourth-order valence-corrected chi connectivity index (χ4v) is 2.93. The Bertz CT molecular complexity index is 1070. The van der Waals surface area contributed by atoms with E-state index in [4.69, 9.17) is 20.8 Å². The standard InChI is InChI=1S/C20H15ClN2O3/c1-12-22-17-10-16(4-6-19(17)26-12)23-20(24)7-2-13-8-14-9-15(21)3-5-18(14)25-11-13/h2-10H,11H2,1H3,(H,23,24)/b7-2+. The van der Waals surface area contributed by atoms with Crippen LogP contribution in [0.2, 0.25) is 5.02 Å². The van der Waals surface area contributed by atoms with Crippen LogP contribution in [0, 0.1) is 6.92 Å². The molecule has 0 atom stereocenters. The normalized spacial score (nSPS) is 13.4. The Hall–Kier alpha value is -3.05. The number of oxazole rings is 1. The molecule has 0 spiro atoms. The van der Waals surface area contributed by atoms with Crippen LogP contribution in [0.1, 0.15) is 11.5 Å². The van der Waals surface area contributed by atoms with Crippen molar-refractivity contribution >= 4 is 40.4 Å². The second-order valence-corrected chi connectivity index (χ2v) is 6.36. The van der Waals surface area contributed by atoms with E-state index in [1.165, 1.54) is 6.08 Å². The summed E-state index contributed by atoms with van der Waals surface area (Å²) in [5, 5.41) is 3.46. The number of aryl methyl sites for hydroxylation is 1. The molecule has 3 aromatic rings. The van der Waals surface area contributed by atoms with Crippen LogP contribution >= 0.6 is 11.6 Å². The Kier molecular flexibility index (Phi) is 4.22. The Morgan fingerprint density at radius 2 is 2.15 bits per heavy atom. The van der Waals surface area contributed by atoms with Gasteiger partial charge in [0.2, 0.25) is 5.91 Å². The second kappa shape index (κ2) is 6.69. The van der Waals surface area contributed by atoms with Crippen LogP contribution < -0.4 is 10.1 Å². The number of rotatable bonds is 3. The minimum absolute atomic E-state index is 0.234. The third kappa shape index (κ3) is 3.48. The molecule has 0 unspecified atom stereocenters. The SMILES string of the molecule is Cc1nc2cc(NC(=O)/C=C/C3=Cc4cc(Cl)ccc4OC3)ccc2o1. The van der Waals surface area contributed by atoms with Crippen LogP contribution in [0.5, 0.6) is 5.75 Å².